The van der Waals surface area contributed by atoms with Crippen LogP contribution < -0.4 is 0 Å². The predicted molar refractivity (Wildman–Crippen MR) is 103 cm³/mol. The highest BCUT2D eigenvalue weighted by atomic mass is 16.4. The third-order valence-electron chi connectivity index (χ3n) is 4.22. The van der Waals surface area contributed by atoms with Crippen LogP contribution in [-0.2, 0) is 4.79 Å². The largest absolute Gasteiger partial charge is 0.478 e. The second-order valence-corrected chi connectivity index (χ2v) is 6.37. The molecule has 0 aliphatic heterocycles. The molecule has 2 N–H and O–H groups in total. The van der Waals surface area contributed by atoms with Crippen molar-refractivity contribution in [3.8, 4) is 0 Å². The molecule has 146 valence electrons. The molecule has 0 aliphatic rings. The minimum atomic E-state index is -1.11. The molecule has 0 saturated heterocycles. The summed E-state index contributed by atoms with van der Waals surface area (Å²) < 4.78 is 0. The van der Waals surface area contributed by atoms with Crippen LogP contribution in [0.15, 0.2) is 18.2 Å². The van der Waals surface area contributed by atoms with Gasteiger partial charge in [0.2, 0.25) is 0 Å². The Morgan fingerprint density at radius 3 is 1.65 bits per heavy atom. The maximum absolute atomic E-state index is 10.6. The van der Waals surface area contributed by atoms with Gasteiger partial charge in [-0.2, -0.15) is 0 Å². The molecule has 0 aliphatic carbocycles. The Hall–Kier alpha value is -2.17. The zero-order valence-corrected chi connectivity index (χ0v) is 16.0. The number of carboxylic acids is 2. The lowest BCUT2D eigenvalue weighted by atomic mass is 10.0. The fourth-order valence-electron chi connectivity index (χ4n) is 2.64. The average molecular weight is 364 g/mol. The fourth-order valence-corrected chi connectivity index (χ4v) is 2.64. The molecule has 0 heterocycles. The van der Waals surface area contributed by atoms with Gasteiger partial charge in [0.25, 0.3) is 0 Å². The van der Waals surface area contributed by atoms with Crippen molar-refractivity contribution in [1.29, 1.82) is 0 Å². The number of aldehydes is 1. The van der Waals surface area contributed by atoms with E-state index in [1.165, 1.54) is 76.5 Å². The molecule has 0 fully saturated rings. The summed E-state index contributed by atoms with van der Waals surface area (Å²) in [6.07, 6.45) is 13.7. The molecule has 5 nitrogen and oxygen atoms in total. The Bertz CT molecular complexity index is 519. The van der Waals surface area contributed by atoms with Gasteiger partial charge in [-0.1, -0.05) is 64.4 Å². The zero-order chi connectivity index (χ0) is 19.8. The molecular weight excluding hydrogens is 332 g/mol. The molecule has 0 atom stereocenters. The molecule has 26 heavy (non-hydrogen) atoms. The van der Waals surface area contributed by atoms with E-state index in [2.05, 4.69) is 6.92 Å². The number of hydrogen-bond acceptors (Lipinski definition) is 3. The summed E-state index contributed by atoms with van der Waals surface area (Å²) in [5.41, 5.74) is 0.335. The van der Waals surface area contributed by atoms with Crippen molar-refractivity contribution < 1.29 is 24.6 Å². The minimum absolute atomic E-state index is 0.0277. The first-order valence-corrected chi connectivity index (χ1v) is 9.45. The maximum atomic E-state index is 10.6. The van der Waals surface area contributed by atoms with Crippen LogP contribution in [0.25, 0.3) is 0 Å². The quantitative estimate of drug-likeness (QED) is 0.377. The summed E-state index contributed by atoms with van der Waals surface area (Å²) in [6, 6.07) is 4.17. The normalized spacial score (nSPS) is 9.92. The third kappa shape index (κ3) is 10.6. The summed E-state index contributed by atoms with van der Waals surface area (Å²) >= 11 is 0. The van der Waals surface area contributed by atoms with E-state index in [1.54, 1.807) is 0 Å². The van der Waals surface area contributed by atoms with E-state index in [0.717, 1.165) is 19.1 Å². The topological polar surface area (TPSA) is 91.7 Å². The van der Waals surface area contributed by atoms with Crippen molar-refractivity contribution in [1.82, 2.24) is 0 Å². The standard InChI is InChI=1S/C12H24O.C9H8O4/c1-2-3-4-5-6-7-8-9-10-11-12-13;1-5-6(8(10)11)3-2-4-7(5)9(12)13/h12H,2-11H2,1H3;2-4H,1H3,(H,10,11)(H,12,13). The number of benzene rings is 1. The van der Waals surface area contributed by atoms with Gasteiger partial charge >= 0.3 is 11.9 Å². The van der Waals surface area contributed by atoms with Crippen LogP contribution in [0.2, 0.25) is 0 Å². The maximum Gasteiger partial charge on any atom is 0.335 e. The molecule has 0 aromatic heterocycles. The zero-order valence-electron chi connectivity index (χ0n) is 16.0. The van der Waals surface area contributed by atoms with Gasteiger partial charge in [0, 0.05) is 6.42 Å². The van der Waals surface area contributed by atoms with E-state index in [4.69, 9.17) is 10.2 Å². The van der Waals surface area contributed by atoms with Crippen LogP contribution in [0.1, 0.15) is 97.4 Å². The Labute approximate surface area is 156 Å². The van der Waals surface area contributed by atoms with E-state index in [-0.39, 0.29) is 16.7 Å². The van der Waals surface area contributed by atoms with E-state index in [9.17, 15) is 14.4 Å². The summed E-state index contributed by atoms with van der Waals surface area (Å²) in [4.78, 5) is 31.2. The molecule has 0 bridgehead atoms. The Kier molecular flexibility index (Phi) is 13.9. The minimum Gasteiger partial charge on any atom is -0.478 e. The Balaban J connectivity index is 0.000000481. The number of unbranched alkanes of at least 4 members (excludes halogenated alkanes) is 9. The van der Waals surface area contributed by atoms with Crippen molar-refractivity contribution in [2.75, 3.05) is 0 Å². The van der Waals surface area contributed by atoms with Crippen molar-refractivity contribution in [3.63, 3.8) is 0 Å². The first-order valence-electron chi connectivity index (χ1n) is 9.45. The number of aromatic carboxylic acids is 2. The van der Waals surface area contributed by atoms with Crippen LogP contribution in [-0.4, -0.2) is 28.4 Å². The highest BCUT2D eigenvalue weighted by molar-refractivity contribution is 5.96. The summed E-state index contributed by atoms with van der Waals surface area (Å²) in [6.45, 7) is 3.73. The van der Waals surface area contributed by atoms with Crippen LogP contribution in [0, 0.1) is 6.92 Å². The lowest BCUT2D eigenvalue weighted by Gasteiger charge is -2.03. The van der Waals surface area contributed by atoms with Gasteiger partial charge in [-0.05, 0) is 31.0 Å². The van der Waals surface area contributed by atoms with E-state index in [0.29, 0.717) is 0 Å². The molecule has 5 heteroatoms. The Morgan fingerprint density at radius 1 is 0.846 bits per heavy atom. The van der Waals surface area contributed by atoms with Crippen molar-refractivity contribution in [2.45, 2.75) is 78.1 Å². The number of carbonyl (C=O) groups is 3. The van der Waals surface area contributed by atoms with Gasteiger partial charge in [0.1, 0.15) is 6.29 Å². The van der Waals surface area contributed by atoms with Crippen LogP contribution >= 0.6 is 0 Å². The molecule has 0 amide bonds. The predicted octanol–water partition coefficient (Wildman–Crippen LogP) is 5.50. The second-order valence-electron chi connectivity index (χ2n) is 6.37. The number of hydrogen-bond donors (Lipinski definition) is 2. The first kappa shape index (κ1) is 23.8. The highest BCUT2D eigenvalue weighted by Crippen LogP contribution is 2.13. The van der Waals surface area contributed by atoms with Gasteiger partial charge in [-0.15, -0.1) is 0 Å². The molecule has 0 spiro atoms. The van der Waals surface area contributed by atoms with Crippen molar-refractivity contribution in [2.24, 2.45) is 0 Å². The van der Waals surface area contributed by atoms with E-state index >= 15 is 0 Å². The van der Waals surface area contributed by atoms with E-state index < -0.39 is 11.9 Å². The van der Waals surface area contributed by atoms with Gasteiger partial charge in [-0.25, -0.2) is 9.59 Å². The molecule has 0 unspecified atom stereocenters. The molecular formula is C21H32O5. The SMILES string of the molecule is CCCCCCCCCCCC=O.Cc1c(C(=O)O)cccc1C(=O)O. The van der Waals surface area contributed by atoms with Crippen molar-refractivity contribution in [3.05, 3.63) is 34.9 Å². The monoisotopic (exact) mass is 364 g/mol. The lowest BCUT2D eigenvalue weighted by Crippen LogP contribution is -2.06. The fraction of sp³-hybridized carbons (Fsp3) is 0.571. The number of carboxylic acid groups (broad SMARTS) is 2. The lowest BCUT2D eigenvalue weighted by molar-refractivity contribution is -0.107. The number of carbonyl (C=O) groups excluding carboxylic acids is 1. The Morgan fingerprint density at radius 2 is 1.27 bits per heavy atom. The van der Waals surface area contributed by atoms with E-state index in [1.807, 2.05) is 0 Å². The van der Waals surface area contributed by atoms with Crippen LogP contribution in [0.4, 0.5) is 0 Å². The second kappa shape index (κ2) is 15.1. The summed E-state index contributed by atoms with van der Waals surface area (Å²) in [5, 5.41) is 17.4. The smallest absolute Gasteiger partial charge is 0.335 e. The molecule has 0 radical (unpaired) electrons. The number of rotatable bonds is 12. The van der Waals surface area contributed by atoms with Gasteiger partial charge in [0.15, 0.2) is 0 Å². The molecule has 1 aromatic carbocycles. The van der Waals surface area contributed by atoms with Gasteiger partial charge < -0.3 is 15.0 Å². The van der Waals surface area contributed by atoms with Gasteiger partial charge in [-0.3, -0.25) is 0 Å². The van der Waals surface area contributed by atoms with Crippen LogP contribution in [0.3, 0.4) is 0 Å². The third-order valence-corrected chi connectivity index (χ3v) is 4.22. The molecule has 0 saturated carbocycles. The average Bonchev–Trinajstić information content (AvgIpc) is 2.60. The highest BCUT2D eigenvalue weighted by Gasteiger charge is 2.13. The molecule has 1 rings (SSSR count). The van der Waals surface area contributed by atoms with Gasteiger partial charge in [0.05, 0.1) is 11.1 Å². The first-order chi connectivity index (χ1) is 12.5. The van der Waals surface area contributed by atoms with Crippen LogP contribution in [0.5, 0.6) is 0 Å². The van der Waals surface area contributed by atoms with Crippen molar-refractivity contribution >= 4 is 18.2 Å². The molecule has 1 aromatic rings. The summed E-state index contributed by atoms with van der Waals surface area (Å²) in [5.74, 6) is -2.22. The summed E-state index contributed by atoms with van der Waals surface area (Å²) in [7, 11) is 0.